The van der Waals surface area contributed by atoms with Crippen molar-refractivity contribution in [3.05, 3.63) is 78.1 Å². The van der Waals surface area contributed by atoms with Crippen LogP contribution in [0.3, 0.4) is 0 Å². The van der Waals surface area contributed by atoms with Crippen LogP contribution in [0.4, 0.5) is 22.7 Å². The molecule has 136 valence electrons. The molecule has 3 aromatic rings. The molecule has 1 heterocycles. The van der Waals surface area contributed by atoms with Crippen LogP contribution in [0.1, 0.15) is 23.0 Å². The highest BCUT2D eigenvalue weighted by Crippen LogP contribution is 2.18. The number of nitrogens with one attached hydrogen (secondary N) is 3. The molecule has 0 aliphatic rings. The molecule has 3 rings (SSSR count). The molecule has 0 bridgehead atoms. The van der Waals surface area contributed by atoms with Crippen LogP contribution in [-0.4, -0.2) is 16.8 Å². The first kappa shape index (κ1) is 18.1. The normalized spacial score (nSPS) is 10.1. The van der Waals surface area contributed by atoms with Crippen molar-refractivity contribution in [2.45, 2.75) is 13.8 Å². The molecule has 6 heteroatoms. The molecule has 2 aromatic carbocycles. The fraction of sp³-hybridized carbons (Fsp3) is 0.0952. The molecule has 0 atom stereocenters. The van der Waals surface area contributed by atoms with E-state index in [0.717, 1.165) is 16.9 Å². The third-order valence-electron chi connectivity index (χ3n) is 3.74. The van der Waals surface area contributed by atoms with Gasteiger partial charge in [-0.15, -0.1) is 0 Å². The Hall–Kier alpha value is -3.67. The zero-order valence-corrected chi connectivity index (χ0v) is 15.1. The highest BCUT2D eigenvalue weighted by Gasteiger charge is 2.08. The van der Waals surface area contributed by atoms with E-state index in [9.17, 15) is 9.59 Å². The Morgan fingerprint density at radius 1 is 0.815 bits per heavy atom. The van der Waals surface area contributed by atoms with Gasteiger partial charge in [-0.05, 0) is 55.0 Å². The van der Waals surface area contributed by atoms with E-state index in [-0.39, 0.29) is 11.8 Å². The second-order valence-electron chi connectivity index (χ2n) is 6.14. The van der Waals surface area contributed by atoms with Gasteiger partial charge < -0.3 is 16.0 Å². The Labute approximate surface area is 157 Å². The smallest absolute Gasteiger partial charge is 0.274 e. The van der Waals surface area contributed by atoms with Crippen molar-refractivity contribution in [1.82, 2.24) is 4.98 Å². The molecule has 0 radical (unpaired) electrons. The van der Waals surface area contributed by atoms with Gasteiger partial charge in [0.15, 0.2) is 0 Å². The van der Waals surface area contributed by atoms with Crippen molar-refractivity contribution in [2.75, 3.05) is 16.0 Å². The number of rotatable bonds is 5. The van der Waals surface area contributed by atoms with E-state index in [4.69, 9.17) is 0 Å². The standard InChI is InChI=1S/C21H20N4O2/c1-14-5-3-6-16(11-14)24-19-9-10-20(22-13-19)21(27)25-18-8-4-7-17(12-18)23-15(2)26/h3-13,24H,1-2H3,(H,23,26)(H,25,27). The Kier molecular flexibility index (Phi) is 5.47. The van der Waals surface area contributed by atoms with Crippen molar-refractivity contribution in [3.8, 4) is 0 Å². The van der Waals surface area contributed by atoms with Gasteiger partial charge in [-0.25, -0.2) is 4.98 Å². The first-order chi connectivity index (χ1) is 13.0. The maximum Gasteiger partial charge on any atom is 0.274 e. The third kappa shape index (κ3) is 5.15. The topological polar surface area (TPSA) is 83.1 Å². The third-order valence-corrected chi connectivity index (χ3v) is 3.74. The van der Waals surface area contributed by atoms with Crippen molar-refractivity contribution in [1.29, 1.82) is 0 Å². The van der Waals surface area contributed by atoms with Crippen LogP contribution >= 0.6 is 0 Å². The molecule has 27 heavy (non-hydrogen) atoms. The highest BCUT2D eigenvalue weighted by molar-refractivity contribution is 6.03. The molecule has 6 nitrogen and oxygen atoms in total. The lowest BCUT2D eigenvalue weighted by Crippen LogP contribution is -2.14. The van der Waals surface area contributed by atoms with Crippen LogP contribution < -0.4 is 16.0 Å². The molecule has 2 amide bonds. The van der Waals surface area contributed by atoms with Gasteiger partial charge >= 0.3 is 0 Å². The number of aryl methyl sites for hydroxylation is 1. The van der Waals surface area contributed by atoms with E-state index in [1.807, 2.05) is 31.2 Å². The second-order valence-corrected chi connectivity index (χ2v) is 6.14. The number of benzene rings is 2. The summed E-state index contributed by atoms with van der Waals surface area (Å²) in [4.78, 5) is 27.7. The van der Waals surface area contributed by atoms with Crippen LogP contribution in [0.5, 0.6) is 0 Å². The number of aromatic nitrogens is 1. The van der Waals surface area contributed by atoms with Crippen molar-refractivity contribution >= 4 is 34.6 Å². The predicted octanol–water partition coefficient (Wildman–Crippen LogP) is 4.34. The quantitative estimate of drug-likeness (QED) is 0.632. The van der Waals surface area contributed by atoms with Gasteiger partial charge in [0.05, 0.1) is 11.9 Å². The highest BCUT2D eigenvalue weighted by atomic mass is 16.2. The number of carbonyl (C=O) groups is 2. The van der Waals surface area contributed by atoms with E-state index >= 15 is 0 Å². The van der Waals surface area contributed by atoms with Crippen molar-refractivity contribution in [3.63, 3.8) is 0 Å². The average molecular weight is 360 g/mol. The predicted molar refractivity (Wildman–Crippen MR) is 107 cm³/mol. The summed E-state index contributed by atoms with van der Waals surface area (Å²) < 4.78 is 0. The maximum atomic E-state index is 12.4. The number of hydrogen-bond donors (Lipinski definition) is 3. The fourth-order valence-electron chi connectivity index (χ4n) is 2.56. The molecular weight excluding hydrogens is 340 g/mol. The number of amides is 2. The van der Waals surface area contributed by atoms with Crippen molar-refractivity contribution in [2.24, 2.45) is 0 Å². The molecule has 0 aliphatic heterocycles. The Balaban J connectivity index is 1.66. The molecule has 1 aromatic heterocycles. The van der Waals surface area contributed by atoms with E-state index in [1.165, 1.54) is 6.92 Å². The largest absolute Gasteiger partial charge is 0.354 e. The SMILES string of the molecule is CC(=O)Nc1cccc(NC(=O)c2ccc(Nc3cccc(C)c3)cn2)c1. The zero-order chi connectivity index (χ0) is 19.2. The zero-order valence-electron chi connectivity index (χ0n) is 15.1. The minimum Gasteiger partial charge on any atom is -0.354 e. The molecule has 0 spiro atoms. The van der Waals surface area contributed by atoms with E-state index in [2.05, 4.69) is 20.9 Å². The number of anilines is 4. The first-order valence-corrected chi connectivity index (χ1v) is 8.48. The Morgan fingerprint density at radius 3 is 2.19 bits per heavy atom. The first-order valence-electron chi connectivity index (χ1n) is 8.48. The molecule has 0 fully saturated rings. The number of pyridine rings is 1. The summed E-state index contributed by atoms with van der Waals surface area (Å²) in [5, 5.41) is 8.71. The van der Waals surface area contributed by atoms with Crippen LogP contribution in [-0.2, 0) is 4.79 Å². The van der Waals surface area contributed by atoms with Crippen LogP contribution in [0.15, 0.2) is 66.9 Å². The molecular formula is C21H20N4O2. The van der Waals surface area contributed by atoms with E-state index in [0.29, 0.717) is 17.1 Å². The minimum absolute atomic E-state index is 0.170. The van der Waals surface area contributed by atoms with Gasteiger partial charge in [0, 0.05) is 24.0 Å². The lowest BCUT2D eigenvalue weighted by atomic mass is 10.2. The van der Waals surface area contributed by atoms with Gasteiger partial charge in [0.2, 0.25) is 5.91 Å². The van der Waals surface area contributed by atoms with Gasteiger partial charge in [0.1, 0.15) is 5.69 Å². The second kappa shape index (κ2) is 8.14. The van der Waals surface area contributed by atoms with E-state index in [1.54, 1.807) is 42.6 Å². The van der Waals surface area contributed by atoms with Gasteiger partial charge in [0.25, 0.3) is 5.91 Å². The summed E-state index contributed by atoms with van der Waals surface area (Å²) >= 11 is 0. The van der Waals surface area contributed by atoms with Crippen molar-refractivity contribution < 1.29 is 9.59 Å². The summed E-state index contributed by atoms with van der Waals surface area (Å²) in [5.74, 6) is -0.492. The number of hydrogen-bond acceptors (Lipinski definition) is 4. The van der Waals surface area contributed by atoms with Gasteiger partial charge in [-0.3, -0.25) is 9.59 Å². The van der Waals surface area contributed by atoms with E-state index < -0.39 is 0 Å². The molecule has 0 aliphatic carbocycles. The Morgan fingerprint density at radius 2 is 1.52 bits per heavy atom. The lowest BCUT2D eigenvalue weighted by Gasteiger charge is -2.09. The van der Waals surface area contributed by atoms with Gasteiger partial charge in [-0.1, -0.05) is 18.2 Å². The summed E-state index contributed by atoms with van der Waals surface area (Å²) in [6.07, 6.45) is 1.62. The minimum atomic E-state index is -0.322. The molecule has 0 saturated heterocycles. The van der Waals surface area contributed by atoms with Crippen LogP contribution in [0.2, 0.25) is 0 Å². The Bertz CT molecular complexity index is 968. The summed E-state index contributed by atoms with van der Waals surface area (Å²) in [6, 6.07) is 18.4. The lowest BCUT2D eigenvalue weighted by molar-refractivity contribution is -0.114. The number of carbonyl (C=O) groups excluding carboxylic acids is 2. The molecule has 0 saturated carbocycles. The summed E-state index contributed by atoms with van der Waals surface area (Å²) in [6.45, 7) is 3.46. The molecule has 0 unspecified atom stereocenters. The number of nitrogens with zero attached hydrogens (tertiary/aromatic N) is 1. The molecule has 3 N–H and O–H groups in total. The fourth-order valence-corrected chi connectivity index (χ4v) is 2.56. The summed E-state index contributed by atoms with van der Waals surface area (Å²) in [7, 11) is 0. The summed E-state index contributed by atoms with van der Waals surface area (Å²) in [5.41, 5.74) is 4.41. The average Bonchev–Trinajstić information content (AvgIpc) is 2.62. The monoisotopic (exact) mass is 360 g/mol. The van der Waals surface area contributed by atoms with Crippen LogP contribution in [0.25, 0.3) is 0 Å². The van der Waals surface area contributed by atoms with Crippen LogP contribution in [0, 0.1) is 6.92 Å². The maximum absolute atomic E-state index is 12.4. The van der Waals surface area contributed by atoms with Gasteiger partial charge in [-0.2, -0.15) is 0 Å².